The van der Waals surface area contributed by atoms with Crippen molar-refractivity contribution in [3.05, 3.63) is 12.2 Å². The molecule has 0 radical (unpaired) electrons. The van der Waals surface area contributed by atoms with Crippen molar-refractivity contribution in [2.45, 2.75) is 31.7 Å². The molecular formula is C12H22O3Si. The van der Waals surface area contributed by atoms with Crippen LogP contribution in [-0.4, -0.2) is 30.1 Å². The van der Waals surface area contributed by atoms with Crippen molar-refractivity contribution in [2.24, 2.45) is 11.3 Å². The lowest BCUT2D eigenvalue weighted by Crippen LogP contribution is -2.51. The third kappa shape index (κ3) is 1.59. The fourth-order valence-corrected chi connectivity index (χ4v) is 6.08. The van der Waals surface area contributed by atoms with Crippen LogP contribution in [0.3, 0.4) is 0 Å². The van der Waals surface area contributed by atoms with E-state index < -0.39 is 8.80 Å². The van der Waals surface area contributed by atoms with Crippen LogP contribution in [0.2, 0.25) is 5.54 Å². The minimum absolute atomic E-state index is 0.263. The highest BCUT2D eigenvalue weighted by atomic mass is 28.4. The van der Waals surface area contributed by atoms with Crippen molar-refractivity contribution < 1.29 is 13.3 Å². The molecule has 16 heavy (non-hydrogen) atoms. The third-order valence-electron chi connectivity index (χ3n) is 4.57. The molecule has 0 spiro atoms. The topological polar surface area (TPSA) is 27.7 Å². The predicted octanol–water partition coefficient (Wildman–Crippen LogP) is 2.61. The smallest absolute Gasteiger partial charge is 0.377 e. The van der Waals surface area contributed by atoms with E-state index >= 15 is 0 Å². The molecular weight excluding hydrogens is 220 g/mol. The molecule has 92 valence electrons. The third-order valence-corrected chi connectivity index (χ3v) is 7.91. The second-order valence-electron chi connectivity index (χ2n) is 5.03. The first-order chi connectivity index (χ1) is 7.62. The van der Waals surface area contributed by atoms with Crippen LogP contribution >= 0.6 is 0 Å². The van der Waals surface area contributed by atoms with Gasteiger partial charge in [-0.05, 0) is 30.6 Å². The second kappa shape index (κ2) is 4.26. The average molecular weight is 242 g/mol. The summed E-state index contributed by atoms with van der Waals surface area (Å²) >= 11 is 0. The van der Waals surface area contributed by atoms with Crippen molar-refractivity contribution in [3.63, 3.8) is 0 Å². The Hall–Kier alpha value is -0.163. The highest BCUT2D eigenvalue weighted by Crippen LogP contribution is 2.58. The Bertz CT molecular complexity index is 280. The fourth-order valence-electron chi connectivity index (χ4n) is 3.46. The van der Waals surface area contributed by atoms with Crippen LogP contribution in [0.5, 0.6) is 0 Å². The number of fused-ring (bicyclic) bond motifs is 2. The molecule has 2 bridgehead atoms. The van der Waals surface area contributed by atoms with Gasteiger partial charge in [-0.3, -0.25) is 0 Å². The molecule has 0 saturated heterocycles. The van der Waals surface area contributed by atoms with Gasteiger partial charge < -0.3 is 13.3 Å². The van der Waals surface area contributed by atoms with Crippen molar-refractivity contribution in [1.82, 2.24) is 0 Å². The molecule has 3 atom stereocenters. The molecule has 2 rings (SSSR count). The van der Waals surface area contributed by atoms with Gasteiger partial charge >= 0.3 is 8.80 Å². The second-order valence-corrected chi connectivity index (χ2v) is 8.33. The SMILES string of the molecule is CO[Si](OC)(OC)C(C)C12C=CC(CC1)C2. The molecule has 0 aromatic carbocycles. The summed E-state index contributed by atoms with van der Waals surface area (Å²) in [4.78, 5) is 0. The van der Waals surface area contributed by atoms with Crippen LogP contribution in [0.4, 0.5) is 0 Å². The van der Waals surface area contributed by atoms with Gasteiger partial charge in [0.25, 0.3) is 0 Å². The van der Waals surface area contributed by atoms with Crippen molar-refractivity contribution in [2.75, 3.05) is 21.3 Å². The highest BCUT2D eigenvalue weighted by molar-refractivity contribution is 6.62. The zero-order chi connectivity index (χ0) is 11.8. The summed E-state index contributed by atoms with van der Waals surface area (Å²) in [6.45, 7) is 2.22. The normalized spacial score (nSPS) is 34.6. The molecule has 4 heteroatoms. The minimum atomic E-state index is -2.50. The van der Waals surface area contributed by atoms with Gasteiger partial charge in [-0.25, -0.2) is 0 Å². The van der Waals surface area contributed by atoms with Crippen LogP contribution < -0.4 is 0 Å². The Labute approximate surface area is 99.1 Å². The van der Waals surface area contributed by atoms with E-state index in [2.05, 4.69) is 19.1 Å². The van der Waals surface area contributed by atoms with Gasteiger partial charge in [0.2, 0.25) is 0 Å². The molecule has 0 amide bonds. The van der Waals surface area contributed by atoms with E-state index in [9.17, 15) is 0 Å². The molecule has 0 aromatic heterocycles. The van der Waals surface area contributed by atoms with E-state index in [1.807, 2.05) is 0 Å². The summed E-state index contributed by atoms with van der Waals surface area (Å²) in [6, 6.07) is 0. The zero-order valence-corrected chi connectivity index (χ0v) is 11.7. The zero-order valence-electron chi connectivity index (χ0n) is 10.7. The molecule has 0 aliphatic heterocycles. The summed E-state index contributed by atoms with van der Waals surface area (Å²) in [6.07, 6.45) is 8.55. The molecule has 2 aliphatic carbocycles. The largest absolute Gasteiger partial charge is 0.504 e. The predicted molar refractivity (Wildman–Crippen MR) is 65.1 cm³/mol. The van der Waals surface area contributed by atoms with Gasteiger partial charge in [0.1, 0.15) is 0 Å². The van der Waals surface area contributed by atoms with Crippen molar-refractivity contribution in [1.29, 1.82) is 0 Å². The summed E-state index contributed by atoms with van der Waals surface area (Å²) in [5.74, 6) is 0.778. The molecule has 0 aromatic rings. The van der Waals surface area contributed by atoms with Crippen molar-refractivity contribution in [3.8, 4) is 0 Å². The van der Waals surface area contributed by atoms with Crippen LogP contribution in [0, 0.1) is 11.3 Å². The Morgan fingerprint density at radius 3 is 2.19 bits per heavy atom. The van der Waals surface area contributed by atoms with E-state index in [0.29, 0.717) is 5.54 Å². The molecule has 2 aliphatic rings. The Balaban J connectivity index is 2.23. The lowest BCUT2D eigenvalue weighted by Gasteiger charge is -2.39. The van der Waals surface area contributed by atoms with E-state index in [-0.39, 0.29) is 5.41 Å². The van der Waals surface area contributed by atoms with Gasteiger partial charge in [-0.2, -0.15) is 0 Å². The van der Waals surface area contributed by atoms with Crippen molar-refractivity contribution >= 4 is 8.80 Å². The maximum Gasteiger partial charge on any atom is 0.504 e. The summed E-state index contributed by atoms with van der Waals surface area (Å²) < 4.78 is 16.8. The molecule has 3 unspecified atom stereocenters. The van der Waals surface area contributed by atoms with Gasteiger partial charge in [0.05, 0.1) is 0 Å². The number of hydrogen-bond acceptors (Lipinski definition) is 3. The monoisotopic (exact) mass is 242 g/mol. The highest BCUT2D eigenvalue weighted by Gasteiger charge is 2.57. The first-order valence-electron chi connectivity index (χ1n) is 5.97. The first kappa shape index (κ1) is 12.3. The first-order valence-corrected chi connectivity index (χ1v) is 7.77. The quantitative estimate of drug-likeness (QED) is 0.548. The minimum Gasteiger partial charge on any atom is -0.377 e. The van der Waals surface area contributed by atoms with Crippen LogP contribution in [0.15, 0.2) is 12.2 Å². The molecule has 1 fully saturated rings. The molecule has 0 N–H and O–H groups in total. The fraction of sp³-hybridized carbons (Fsp3) is 0.833. The van der Waals surface area contributed by atoms with E-state index in [0.717, 1.165) is 5.92 Å². The number of rotatable bonds is 5. The lowest BCUT2D eigenvalue weighted by molar-refractivity contribution is 0.0949. The molecule has 1 saturated carbocycles. The maximum atomic E-state index is 5.62. The van der Waals surface area contributed by atoms with Crippen LogP contribution in [0.1, 0.15) is 26.2 Å². The number of allylic oxidation sites excluding steroid dienone is 2. The summed E-state index contributed by atoms with van der Waals surface area (Å²) in [5.41, 5.74) is 0.600. The standard InChI is InChI=1S/C12H22O3Si/c1-10(16(13-2,14-3)15-4)12-7-5-11(9-12)6-8-12/h5,7,10-11H,6,8-9H2,1-4H3. The van der Waals surface area contributed by atoms with Crippen LogP contribution in [0.25, 0.3) is 0 Å². The van der Waals surface area contributed by atoms with Gasteiger partial charge in [-0.15, -0.1) is 0 Å². The van der Waals surface area contributed by atoms with E-state index in [1.54, 1.807) is 21.3 Å². The Morgan fingerprint density at radius 1 is 1.25 bits per heavy atom. The molecule has 3 nitrogen and oxygen atoms in total. The van der Waals surface area contributed by atoms with E-state index in [4.69, 9.17) is 13.3 Å². The lowest BCUT2D eigenvalue weighted by atomic mass is 9.84. The summed E-state index contributed by atoms with van der Waals surface area (Å²) in [5, 5.41) is 0. The molecule has 0 heterocycles. The van der Waals surface area contributed by atoms with E-state index in [1.165, 1.54) is 19.3 Å². The maximum absolute atomic E-state index is 5.62. The Kier molecular flexibility index (Phi) is 3.27. The van der Waals surface area contributed by atoms with Crippen LogP contribution in [-0.2, 0) is 13.3 Å². The van der Waals surface area contributed by atoms with Gasteiger partial charge in [0, 0.05) is 26.9 Å². The summed E-state index contributed by atoms with van der Waals surface area (Å²) in [7, 11) is 2.61. The number of hydrogen-bond donors (Lipinski definition) is 0. The van der Waals surface area contributed by atoms with Gasteiger partial charge in [-0.1, -0.05) is 19.1 Å². The van der Waals surface area contributed by atoms with Gasteiger partial charge in [0.15, 0.2) is 0 Å². The average Bonchev–Trinajstić information content (AvgIpc) is 2.93. The Morgan fingerprint density at radius 2 is 1.88 bits per heavy atom.